The van der Waals surface area contributed by atoms with E-state index in [1.807, 2.05) is 0 Å². The highest BCUT2D eigenvalue weighted by atomic mass is 35.5. The number of hydrogen-bond donors (Lipinski definition) is 2. The molecule has 6 heteroatoms. The van der Waals surface area contributed by atoms with E-state index >= 15 is 0 Å². The molecule has 88 valence electrons. The van der Waals surface area contributed by atoms with Gasteiger partial charge in [0.1, 0.15) is 0 Å². The van der Waals surface area contributed by atoms with Crippen LogP contribution in [0, 0.1) is 0 Å². The highest BCUT2D eigenvalue weighted by molar-refractivity contribution is 7.17. The van der Waals surface area contributed by atoms with Crippen LogP contribution in [-0.4, -0.2) is 38.3 Å². The fourth-order valence-corrected chi connectivity index (χ4v) is 2.67. The maximum Gasteiger partial charge on any atom is 0.261 e. The van der Waals surface area contributed by atoms with Crippen LogP contribution in [0.2, 0.25) is 4.34 Å². The first-order valence-electron chi connectivity index (χ1n) is 5.00. The monoisotopic (exact) mass is 260 g/mol. The average Bonchev–Trinajstić information content (AvgIpc) is 2.86. The minimum absolute atomic E-state index is 0.0263. The van der Waals surface area contributed by atoms with Crippen molar-refractivity contribution in [2.24, 2.45) is 0 Å². The molecule has 1 aliphatic rings. The Bertz CT molecular complexity index is 383. The van der Waals surface area contributed by atoms with Gasteiger partial charge in [0.2, 0.25) is 0 Å². The van der Waals surface area contributed by atoms with Crippen LogP contribution in [0.5, 0.6) is 0 Å². The second kappa shape index (κ2) is 5.14. The zero-order valence-corrected chi connectivity index (χ0v) is 10.4. The van der Waals surface area contributed by atoms with Crippen molar-refractivity contribution in [3.8, 4) is 0 Å². The third-order valence-electron chi connectivity index (χ3n) is 2.57. The molecule has 1 aliphatic heterocycles. The third kappa shape index (κ3) is 2.55. The highest BCUT2D eigenvalue weighted by Crippen LogP contribution is 2.21. The van der Waals surface area contributed by atoms with Crippen LogP contribution in [0.4, 0.5) is 0 Å². The Morgan fingerprint density at radius 2 is 2.44 bits per heavy atom. The molecule has 1 fully saturated rings. The lowest BCUT2D eigenvalue weighted by Crippen LogP contribution is -2.43. The van der Waals surface area contributed by atoms with Gasteiger partial charge in [-0.25, -0.2) is 0 Å². The van der Waals surface area contributed by atoms with Crippen LogP contribution in [0.15, 0.2) is 12.1 Å². The predicted octanol–water partition coefficient (Wildman–Crippen LogP) is 1.12. The van der Waals surface area contributed by atoms with Crippen LogP contribution in [0.3, 0.4) is 0 Å². The van der Waals surface area contributed by atoms with Gasteiger partial charge >= 0.3 is 0 Å². The molecule has 0 aliphatic carbocycles. The van der Waals surface area contributed by atoms with E-state index in [4.69, 9.17) is 16.3 Å². The van der Waals surface area contributed by atoms with Gasteiger partial charge in [-0.3, -0.25) is 4.79 Å². The number of ether oxygens (including phenoxy) is 1. The molecule has 2 heterocycles. The predicted molar refractivity (Wildman–Crippen MR) is 64.2 cm³/mol. The van der Waals surface area contributed by atoms with Crippen LogP contribution in [0.25, 0.3) is 0 Å². The second-order valence-corrected chi connectivity index (χ2v) is 5.33. The van der Waals surface area contributed by atoms with Crippen LogP contribution in [-0.2, 0) is 4.74 Å². The normalized spacial score (nSPS) is 24.6. The lowest BCUT2D eigenvalue weighted by atomic mass is 10.2. The van der Waals surface area contributed by atoms with Gasteiger partial charge in [-0.05, 0) is 12.1 Å². The van der Waals surface area contributed by atoms with Crippen molar-refractivity contribution >= 4 is 28.8 Å². The number of carbonyl (C=O) groups excluding carboxylic acids is 1. The Morgan fingerprint density at radius 1 is 1.62 bits per heavy atom. The first kappa shape index (κ1) is 11.9. The summed E-state index contributed by atoms with van der Waals surface area (Å²) < 4.78 is 5.89. The molecule has 0 spiro atoms. The van der Waals surface area contributed by atoms with E-state index in [9.17, 15) is 4.79 Å². The number of methoxy groups -OCH3 is 1. The molecule has 0 aromatic carbocycles. The maximum atomic E-state index is 11.8. The Balaban J connectivity index is 1.97. The first-order valence-corrected chi connectivity index (χ1v) is 6.20. The van der Waals surface area contributed by atoms with E-state index in [2.05, 4.69) is 10.6 Å². The maximum absolute atomic E-state index is 11.8. The molecule has 16 heavy (non-hydrogen) atoms. The minimum Gasteiger partial charge on any atom is -0.378 e. The van der Waals surface area contributed by atoms with Crippen molar-refractivity contribution in [3.63, 3.8) is 0 Å². The summed E-state index contributed by atoms with van der Waals surface area (Å²) in [5.74, 6) is -0.0901. The van der Waals surface area contributed by atoms with E-state index in [1.165, 1.54) is 11.3 Å². The van der Waals surface area contributed by atoms with Crippen LogP contribution >= 0.6 is 22.9 Å². The summed E-state index contributed by atoms with van der Waals surface area (Å²) in [6.45, 7) is 1.51. The van der Waals surface area contributed by atoms with Crippen molar-refractivity contribution in [1.82, 2.24) is 10.6 Å². The lowest BCUT2D eigenvalue weighted by Gasteiger charge is -2.17. The summed E-state index contributed by atoms with van der Waals surface area (Å²) in [6, 6.07) is 3.48. The summed E-state index contributed by atoms with van der Waals surface area (Å²) >= 11 is 7.06. The molecule has 1 amide bonds. The van der Waals surface area contributed by atoms with E-state index in [1.54, 1.807) is 19.2 Å². The molecule has 0 saturated carbocycles. The van der Waals surface area contributed by atoms with E-state index < -0.39 is 0 Å². The molecule has 1 aromatic rings. The number of thiophene rings is 1. The van der Waals surface area contributed by atoms with E-state index in [0.29, 0.717) is 9.21 Å². The average molecular weight is 261 g/mol. The van der Waals surface area contributed by atoms with Gasteiger partial charge in [0, 0.05) is 20.2 Å². The Morgan fingerprint density at radius 3 is 3.06 bits per heavy atom. The van der Waals surface area contributed by atoms with Crippen LogP contribution < -0.4 is 10.6 Å². The van der Waals surface area contributed by atoms with Crippen molar-refractivity contribution < 1.29 is 9.53 Å². The van der Waals surface area contributed by atoms with Crippen LogP contribution in [0.1, 0.15) is 9.67 Å². The SMILES string of the molecule is CO[C@H]1CNCC1NC(=O)c1ccc(Cl)s1. The smallest absolute Gasteiger partial charge is 0.261 e. The molecule has 1 unspecified atom stereocenters. The first-order chi connectivity index (χ1) is 7.70. The van der Waals surface area contributed by atoms with E-state index in [-0.39, 0.29) is 18.1 Å². The summed E-state index contributed by atoms with van der Waals surface area (Å²) in [5, 5.41) is 6.11. The third-order valence-corrected chi connectivity index (χ3v) is 3.80. The summed E-state index contributed by atoms with van der Waals surface area (Å²) in [4.78, 5) is 12.5. The zero-order valence-electron chi connectivity index (χ0n) is 8.83. The largest absolute Gasteiger partial charge is 0.378 e. The Kier molecular flexibility index (Phi) is 3.81. The highest BCUT2D eigenvalue weighted by Gasteiger charge is 2.28. The summed E-state index contributed by atoms with van der Waals surface area (Å²) in [5.41, 5.74) is 0. The van der Waals surface area contributed by atoms with Crippen molar-refractivity contribution in [2.75, 3.05) is 20.2 Å². The molecule has 0 radical (unpaired) electrons. The molecule has 0 bridgehead atoms. The number of nitrogens with one attached hydrogen (secondary N) is 2. The van der Waals surface area contributed by atoms with Gasteiger partial charge < -0.3 is 15.4 Å². The molecular formula is C10H13ClN2O2S. The van der Waals surface area contributed by atoms with Crippen molar-refractivity contribution in [2.45, 2.75) is 12.1 Å². The van der Waals surface area contributed by atoms with Gasteiger partial charge in [-0.2, -0.15) is 0 Å². The number of halogens is 1. The number of carbonyl (C=O) groups is 1. The number of amides is 1. The quantitative estimate of drug-likeness (QED) is 0.856. The Hall–Kier alpha value is -0.620. The molecule has 2 rings (SSSR count). The molecule has 2 atom stereocenters. The van der Waals surface area contributed by atoms with Gasteiger partial charge in [0.05, 0.1) is 21.4 Å². The van der Waals surface area contributed by atoms with Gasteiger partial charge in [0.15, 0.2) is 0 Å². The fraction of sp³-hybridized carbons (Fsp3) is 0.500. The number of hydrogen-bond acceptors (Lipinski definition) is 4. The molecule has 1 saturated heterocycles. The molecule has 1 aromatic heterocycles. The molecule has 2 N–H and O–H groups in total. The molecule has 4 nitrogen and oxygen atoms in total. The van der Waals surface area contributed by atoms with Crippen molar-refractivity contribution in [3.05, 3.63) is 21.3 Å². The topological polar surface area (TPSA) is 50.4 Å². The van der Waals surface area contributed by atoms with E-state index in [0.717, 1.165) is 13.1 Å². The second-order valence-electron chi connectivity index (χ2n) is 3.62. The minimum atomic E-state index is -0.0901. The van der Waals surface area contributed by atoms with Gasteiger partial charge in [-0.1, -0.05) is 11.6 Å². The standard InChI is InChI=1S/C10H13ClN2O2S/c1-15-7-5-12-4-6(7)13-10(14)8-2-3-9(11)16-8/h2-3,6-7,12H,4-5H2,1H3,(H,13,14)/t6?,7-/m0/s1. The van der Waals surface area contributed by atoms with Gasteiger partial charge in [-0.15, -0.1) is 11.3 Å². The fourth-order valence-electron chi connectivity index (χ4n) is 1.72. The zero-order chi connectivity index (χ0) is 11.5. The summed E-state index contributed by atoms with van der Waals surface area (Å²) in [7, 11) is 1.65. The number of rotatable bonds is 3. The lowest BCUT2D eigenvalue weighted by molar-refractivity contribution is 0.0783. The molecular weight excluding hydrogens is 248 g/mol. The summed E-state index contributed by atoms with van der Waals surface area (Å²) in [6.07, 6.45) is 0.0411. The Labute approximate surface area is 103 Å². The van der Waals surface area contributed by atoms with Gasteiger partial charge in [0.25, 0.3) is 5.91 Å². The van der Waals surface area contributed by atoms with Crippen molar-refractivity contribution in [1.29, 1.82) is 0 Å².